The maximum absolute atomic E-state index is 15.5. The standard InChI is InChI=1S/C23H24FN3O5.2CH4/c1-25-8-14-5-12(7-26(14)9-15(25)11-28)19-18(24)6-16-20(22(19)32-2)27(13-3-4-13)10-17(21(16)29)23(30)31;;/h5-7,10,13,15,28H,3-4,8-9,11H2,1-2H3,(H,30,31);2*1H4/t15-;;/m1../s1. The number of carbonyl (C=O) groups is 1. The number of carboxylic acid groups (broad SMARTS) is 1. The predicted molar refractivity (Wildman–Crippen MR) is 129 cm³/mol. The van der Waals surface area contributed by atoms with Crippen molar-refractivity contribution < 1.29 is 24.1 Å². The van der Waals surface area contributed by atoms with E-state index in [2.05, 4.69) is 0 Å². The summed E-state index contributed by atoms with van der Waals surface area (Å²) in [7, 11) is 3.36. The molecule has 0 bridgehead atoms. The van der Waals surface area contributed by atoms with Crippen LogP contribution in [-0.2, 0) is 13.1 Å². The third-order valence-corrected chi connectivity index (χ3v) is 6.53. The summed E-state index contributed by atoms with van der Waals surface area (Å²) < 4.78 is 24.9. The number of hydrogen-bond donors (Lipinski definition) is 2. The fourth-order valence-electron chi connectivity index (χ4n) is 4.66. The minimum Gasteiger partial charge on any atom is -0.494 e. The number of rotatable bonds is 5. The van der Waals surface area contributed by atoms with Crippen molar-refractivity contribution in [3.8, 4) is 16.9 Å². The van der Waals surface area contributed by atoms with E-state index in [0.29, 0.717) is 24.2 Å². The largest absolute Gasteiger partial charge is 0.494 e. The SMILES string of the molecule is C.C.COc1c(-c2cc3n(c2)C[C@H](CO)N(C)C3)c(F)cc2c(=O)c(C(=O)O)cn(C3CC3)c12. The molecular formula is C25H32FN3O5. The number of carboxylic acids is 1. The van der Waals surface area contributed by atoms with Crippen LogP contribution in [0.2, 0.25) is 0 Å². The van der Waals surface area contributed by atoms with Crippen molar-refractivity contribution in [2.45, 2.75) is 52.9 Å². The van der Waals surface area contributed by atoms with E-state index in [9.17, 15) is 19.8 Å². The Morgan fingerprint density at radius 3 is 2.53 bits per heavy atom. The van der Waals surface area contributed by atoms with Crippen LogP contribution >= 0.6 is 0 Å². The van der Waals surface area contributed by atoms with Crippen molar-refractivity contribution in [2.75, 3.05) is 20.8 Å². The van der Waals surface area contributed by atoms with Gasteiger partial charge in [-0.15, -0.1) is 0 Å². The molecule has 9 heteroatoms. The monoisotopic (exact) mass is 473 g/mol. The molecule has 2 aromatic heterocycles. The number of aromatic carboxylic acids is 1. The van der Waals surface area contributed by atoms with E-state index in [-0.39, 0.29) is 55.8 Å². The van der Waals surface area contributed by atoms with Gasteiger partial charge in [0.05, 0.1) is 36.2 Å². The lowest BCUT2D eigenvalue weighted by molar-refractivity contribution is 0.0694. The Labute approximate surface area is 197 Å². The summed E-state index contributed by atoms with van der Waals surface area (Å²) in [6, 6.07) is 3.03. The number of methoxy groups -OCH3 is 1. The number of hydrogen-bond acceptors (Lipinski definition) is 5. The zero-order valence-corrected chi connectivity index (χ0v) is 17.8. The van der Waals surface area contributed by atoms with E-state index in [1.54, 1.807) is 4.57 Å². The van der Waals surface area contributed by atoms with Crippen LogP contribution in [0.5, 0.6) is 5.75 Å². The topological polar surface area (TPSA) is 96.9 Å². The zero-order valence-electron chi connectivity index (χ0n) is 17.8. The minimum atomic E-state index is -1.34. The predicted octanol–water partition coefficient (Wildman–Crippen LogP) is 3.73. The third kappa shape index (κ3) is 3.88. The molecule has 1 saturated carbocycles. The van der Waals surface area contributed by atoms with Crippen LogP contribution < -0.4 is 10.2 Å². The maximum Gasteiger partial charge on any atom is 0.341 e. The number of fused-ring (bicyclic) bond motifs is 2. The Hall–Kier alpha value is -3.17. The van der Waals surface area contributed by atoms with Crippen LogP contribution in [0.25, 0.3) is 22.0 Å². The first kappa shape index (κ1) is 25.5. The number of nitrogens with zero attached hydrogens (tertiary/aromatic N) is 3. The molecule has 1 aromatic carbocycles. The minimum absolute atomic E-state index is 0. The molecule has 1 atom stereocenters. The Bertz CT molecular complexity index is 1310. The van der Waals surface area contributed by atoms with Gasteiger partial charge in [-0.1, -0.05) is 14.9 Å². The average Bonchev–Trinajstić information content (AvgIpc) is 3.52. The van der Waals surface area contributed by atoms with Gasteiger partial charge in [0.25, 0.3) is 0 Å². The second kappa shape index (κ2) is 9.23. The number of benzene rings is 1. The summed E-state index contributed by atoms with van der Waals surface area (Å²) in [5.41, 5.74) is 1.14. The molecule has 5 rings (SSSR count). The number of ether oxygens (including phenoxy) is 1. The van der Waals surface area contributed by atoms with E-state index < -0.39 is 17.2 Å². The molecule has 1 aliphatic carbocycles. The van der Waals surface area contributed by atoms with Crippen molar-refractivity contribution in [1.29, 1.82) is 0 Å². The molecule has 1 fully saturated rings. The maximum atomic E-state index is 15.5. The third-order valence-electron chi connectivity index (χ3n) is 6.53. The summed E-state index contributed by atoms with van der Waals surface area (Å²) >= 11 is 0. The number of aliphatic hydroxyl groups excluding tert-OH is 1. The highest BCUT2D eigenvalue weighted by Gasteiger charge is 2.31. The number of halogens is 1. The molecule has 2 N–H and O–H groups in total. The van der Waals surface area contributed by atoms with Gasteiger partial charge in [0.2, 0.25) is 5.43 Å². The lowest BCUT2D eigenvalue weighted by Gasteiger charge is -2.32. The number of pyridine rings is 1. The summed E-state index contributed by atoms with van der Waals surface area (Å²) in [5.74, 6) is -1.76. The molecule has 3 aromatic rings. The summed E-state index contributed by atoms with van der Waals surface area (Å²) in [5, 5.41) is 19.1. The molecular weight excluding hydrogens is 441 g/mol. The first-order chi connectivity index (χ1) is 15.3. The molecule has 1 aliphatic heterocycles. The van der Waals surface area contributed by atoms with Gasteiger partial charge < -0.3 is 24.1 Å². The molecule has 2 aliphatic rings. The summed E-state index contributed by atoms with van der Waals surface area (Å²) in [6.45, 7) is 1.21. The Morgan fingerprint density at radius 2 is 1.94 bits per heavy atom. The second-order valence-electron chi connectivity index (χ2n) is 8.60. The first-order valence-corrected chi connectivity index (χ1v) is 10.5. The fourth-order valence-corrected chi connectivity index (χ4v) is 4.66. The van der Waals surface area contributed by atoms with Crippen molar-refractivity contribution in [3.05, 3.63) is 51.8 Å². The van der Waals surface area contributed by atoms with E-state index in [1.807, 2.05) is 28.8 Å². The van der Waals surface area contributed by atoms with Crippen molar-refractivity contribution in [2.24, 2.45) is 0 Å². The molecule has 0 radical (unpaired) electrons. The van der Waals surface area contributed by atoms with Crippen molar-refractivity contribution in [3.63, 3.8) is 0 Å². The van der Waals surface area contributed by atoms with Gasteiger partial charge >= 0.3 is 5.97 Å². The van der Waals surface area contributed by atoms with Gasteiger partial charge in [-0.25, -0.2) is 9.18 Å². The Morgan fingerprint density at radius 1 is 1.24 bits per heavy atom. The lowest BCUT2D eigenvalue weighted by Crippen LogP contribution is -2.42. The second-order valence-corrected chi connectivity index (χ2v) is 8.60. The molecule has 0 unspecified atom stereocenters. The van der Waals surface area contributed by atoms with Crippen LogP contribution in [0.15, 0.2) is 29.3 Å². The highest BCUT2D eigenvalue weighted by molar-refractivity contribution is 5.98. The molecule has 184 valence electrons. The zero-order chi connectivity index (χ0) is 22.7. The van der Waals surface area contributed by atoms with Gasteiger partial charge in [-0.05, 0) is 32.0 Å². The number of likely N-dealkylation sites (N-methyl/N-ethyl adjacent to an activating group) is 1. The van der Waals surface area contributed by atoms with Gasteiger partial charge in [-0.2, -0.15) is 0 Å². The van der Waals surface area contributed by atoms with Crippen molar-refractivity contribution in [1.82, 2.24) is 14.0 Å². The molecule has 0 amide bonds. The average molecular weight is 474 g/mol. The van der Waals surface area contributed by atoms with E-state index in [1.165, 1.54) is 13.3 Å². The van der Waals surface area contributed by atoms with Gasteiger partial charge in [0, 0.05) is 42.8 Å². The molecule has 3 heterocycles. The molecule has 0 spiro atoms. The normalized spacial score (nSPS) is 17.6. The number of aliphatic hydroxyl groups is 1. The highest BCUT2D eigenvalue weighted by Crippen LogP contribution is 2.44. The van der Waals surface area contributed by atoms with Crippen LogP contribution in [0.1, 0.15) is 49.8 Å². The van der Waals surface area contributed by atoms with Crippen LogP contribution in [0.4, 0.5) is 4.39 Å². The van der Waals surface area contributed by atoms with Gasteiger partial charge in [0.1, 0.15) is 11.4 Å². The lowest BCUT2D eigenvalue weighted by atomic mass is 10.0. The summed E-state index contributed by atoms with van der Waals surface area (Å²) in [6.07, 6.45) is 4.88. The molecule has 8 nitrogen and oxygen atoms in total. The van der Waals surface area contributed by atoms with Crippen LogP contribution in [-0.4, -0.2) is 57.0 Å². The van der Waals surface area contributed by atoms with Crippen LogP contribution in [0, 0.1) is 5.82 Å². The molecule has 34 heavy (non-hydrogen) atoms. The Balaban J connectivity index is 0.00000162. The van der Waals surface area contributed by atoms with E-state index in [0.717, 1.165) is 24.6 Å². The molecule has 0 saturated heterocycles. The van der Waals surface area contributed by atoms with Crippen LogP contribution in [0.3, 0.4) is 0 Å². The van der Waals surface area contributed by atoms with E-state index in [4.69, 9.17) is 4.74 Å². The Kier molecular flexibility index (Phi) is 6.91. The first-order valence-electron chi connectivity index (χ1n) is 10.5. The smallest absolute Gasteiger partial charge is 0.341 e. The number of aromatic nitrogens is 2. The van der Waals surface area contributed by atoms with Gasteiger partial charge in [-0.3, -0.25) is 9.69 Å². The quantitative estimate of drug-likeness (QED) is 0.586. The highest BCUT2D eigenvalue weighted by atomic mass is 19.1. The van der Waals surface area contributed by atoms with E-state index >= 15 is 4.39 Å². The van der Waals surface area contributed by atoms with Gasteiger partial charge in [0.15, 0.2) is 5.75 Å². The fraction of sp³-hybridized carbons (Fsp3) is 0.440. The van der Waals surface area contributed by atoms with Crippen molar-refractivity contribution >= 4 is 16.9 Å². The summed E-state index contributed by atoms with van der Waals surface area (Å²) in [4.78, 5) is 26.5.